The predicted octanol–water partition coefficient (Wildman–Crippen LogP) is 0.298. The highest BCUT2D eigenvalue weighted by Gasteiger charge is 2.13. The molecule has 0 radical (unpaired) electrons. The maximum Gasteiger partial charge on any atom is 0.236 e. The Morgan fingerprint density at radius 3 is 3.08 bits per heavy atom. The van der Waals surface area contributed by atoms with Crippen LogP contribution in [0.1, 0.15) is 12.8 Å². The van der Waals surface area contributed by atoms with Crippen LogP contribution in [-0.2, 0) is 9.59 Å². The first-order valence-corrected chi connectivity index (χ1v) is 5.11. The number of primary amides is 1. The fourth-order valence-electron chi connectivity index (χ4n) is 1.02. The zero-order chi connectivity index (χ0) is 9.68. The van der Waals surface area contributed by atoms with E-state index in [-0.39, 0.29) is 11.8 Å². The van der Waals surface area contributed by atoms with E-state index in [0.717, 1.165) is 0 Å². The van der Waals surface area contributed by atoms with Gasteiger partial charge in [0.1, 0.15) is 0 Å². The van der Waals surface area contributed by atoms with Crippen LogP contribution in [0.5, 0.6) is 0 Å². The van der Waals surface area contributed by atoms with Crippen molar-refractivity contribution >= 4 is 23.6 Å². The molecule has 0 saturated heterocycles. The monoisotopic (exact) mass is 200 g/mol. The Kier molecular flexibility index (Phi) is 3.82. The SMILES string of the molecule is NC(=O)CCCN1C=CSCC1=O. The maximum atomic E-state index is 11.2. The first kappa shape index (κ1) is 10.1. The fourth-order valence-corrected chi connectivity index (χ4v) is 1.66. The number of carbonyl (C=O) groups excluding carboxylic acids is 2. The van der Waals surface area contributed by atoms with E-state index in [1.807, 2.05) is 5.41 Å². The summed E-state index contributed by atoms with van der Waals surface area (Å²) in [5.74, 6) is 0.271. The Morgan fingerprint density at radius 2 is 2.46 bits per heavy atom. The molecule has 2 N–H and O–H groups in total. The lowest BCUT2D eigenvalue weighted by molar-refractivity contribution is -0.126. The second-order valence-electron chi connectivity index (χ2n) is 2.75. The topological polar surface area (TPSA) is 63.4 Å². The van der Waals surface area contributed by atoms with E-state index in [4.69, 9.17) is 5.73 Å². The van der Waals surface area contributed by atoms with Crippen molar-refractivity contribution in [1.82, 2.24) is 4.90 Å². The summed E-state index contributed by atoms with van der Waals surface area (Å²) in [6.45, 7) is 0.582. The van der Waals surface area contributed by atoms with E-state index in [1.165, 1.54) is 11.8 Å². The van der Waals surface area contributed by atoms with Gasteiger partial charge in [-0.2, -0.15) is 0 Å². The van der Waals surface area contributed by atoms with Gasteiger partial charge in [-0.3, -0.25) is 9.59 Å². The van der Waals surface area contributed by atoms with Crippen LogP contribution in [0.25, 0.3) is 0 Å². The molecule has 13 heavy (non-hydrogen) atoms. The highest BCUT2D eigenvalue weighted by Crippen LogP contribution is 2.12. The number of nitrogens with zero attached hydrogens (tertiary/aromatic N) is 1. The summed E-state index contributed by atoms with van der Waals surface area (Å²) in [5.41, 5.74) is 4.98. The summed E-state index contributed by atoms with van der Waals surface area (Å²) < 4.78 is 0. The molecule has 0 atom stereocenters. The van der Waals surface area contributed by atoms with E-state index in [1.54, 1.807) is 11.1 Å². The zero-order valence-electron chi connectivity index (χ0n) is 7.23. The largest absolute Gasteiger partial charge is 0.370 e. The quantitative estimate of drug-likeness (QED) is 0.709. The lowest BCUT2D eigenvalue weighted by Crippen LogP contribution is -2.30. The molecule has 0 aromatic heterocycles. The number of rotatable bonds is 4. The molecule has 0 aromatic rings. The van der Waals surface area contributed by atoms with Crippen LogP contribution < -0.4 is 5.73 Å². The van der Waals surface area contributed by atoms with Gasteiger partial charge in [-0.15, -0.1) is 11.8 Å². The van der Waals surface area contributed by atoms with Crippen LogP contribution in [0.4, 0.5) is 0 Å². The van der Waals surface area contributed by atoms with Crippen LogP contribution in [0.2, 0.25) is 0 Å². The standard InChI is InChI=1S/C8H12N2O2S/c9-7(11)2-1-3-10-4-5-13-6-8(10)12/h4-5H,1-3,6H2,(H2,9,11). The molecular weight excluding hydrogens is 188 g/mol. The summed E-state index contributed by atoms with van der Waals surface area (Å²) in [5, 5.41) is 1.88. The third-order valence-electron chi connectivity index (χ3n) is 1.69. The van der Waals surface area contributed by atoms with E-state index in [2.05, 4.69) is 0 Å². The van der Waals surface area contributed by atoms with Crippen molar-refractivity contribution in [2.75, 3.05) is 12.3 Å². The molecule has 0 spiro atoms. The summed E-state index contributed by atoms with van der Waals surface area (Å²) in [7, 11) is 0. The van der Waals surface area contributed by atoms with E-state index in [0.29, 0.717) is 25.1 Å². The van der Waals surface area contributed by atoms with Crippen molar-refractivity contribution in [3.8, 4) is 0 Å². The smallest absolute Gasteiger partial charge is 0.236 e. The minimum absolute atomic E-state index is 0.0944. The van der Waals surface area contributed by atoms with Crippen molar-refractivity contribution in [3.05, 3.63) is 11.6 Å². The van der Waals surface area contributed by atoms with Gasteiger partial charge in [0.15, 0.2) is 0 Å². The van der Waals surface area contributed by atoms with Gasteiger partial charge in [0.2, 0.25) is 11.8 Å². The number of carbonyl (C=O) groups is 2. The second kappa shape index (κ2) is 4.91. The molecular formula is C8H12N2O2S. The first-order valence-electron chi connectivity index (χ1n) is 4.06. The lowest BCUT2D eigenvalue weighted by atomic mass is 10.3. The molecule has 1 aliphatic heterocycles. The van der Waals surface area contributed by atoms with Crippen molar-refractivity contribution in [3.63, 3.8) is 0 Å². The number of nitrogens with two attached hydrogens (primary N) is 1. The number of hydrogen-bond acceptors (Lipinski definition) is 3. The number of amides is 2. The number of thioether (sulfide) groups is 1. The summed E-state index contributed by atoms with van der Waals surface area (Å²) in [4.78, 5) is 23.3. The third-order valence-corrected chi connectivity index (χ3v) is 2.41. The van der Waals surface area contributed by atoms with Crippen LogP contribution in [0, 0.1) is 0 Å². The van der Waals surface area contributed by atoms with Gasteiger partial charge >= 0.3 is 0 Å². The molecule has 0 aromatic carbocycles. The second-order valence-corrected chi connectivity index (χ2v) is 3.65. The minimum atomic E-state index is -0.317. The van der Waals surface area contributed by atoms with Gasteiger partial charge in [-0.1, -0.05) is 0 Å². The first-order chi connectivity index (χ1) is 6.20. The number of hydrogen-bond donors (Lipinski definition) is 1. The molecule has 0 bridgehead atoms. The molecule has 0 unspecified atom stereocenters. The van der Waals surface area contributed by atoms with Gasteiger partial charge in [-0.05, 0) is 11.8 Å². The highest BCUT2D eigenvalue weighted by molar-refractivity contribution is 8.02. The zero-order valence-corrected chi connectivity index (χ0v) is 8.05. The van der Waals surface area contributed by atoms with Crippen LogP contribution >= 0.6 is 11.8 Å². The summed E-state index contributed by atoms with van der Waals surface area (Å²) >= 11 is 1.48. The molecule has 72 valence electrons. The molecule has 4 nitrogen and oxygen atoms in total. The van der Waals surface area contributed by atoms with Gasteiger partial charge in [0, 0.05) is 19.2 Å². The van der Waals surface area contributed by atoms with Crippen molar-refractivity contribution < 1.29 is 9.59 Å². The van der Waals surface area contributed by atoms with Gasteiger partial charge in [0.25, 0.3) is 0 Å². The third kappa shape index (κ3) is 3.50. The Morgan fingerprint density at radius 1 is 1.69 bits per heavy atom. The molecule has 1 aliphatic rings. The normalized spacial score (nSPS) is 16.3. The van der Waals surface area contributed by atoms with E-state index in [9.17, 15) is 9.59 Å². The van der Waals surface area contributed by atoms with E-state index < -0.39 is 0 Å². The Bertz CT molecular complexity index is 240. The molecule has 0 fully saturated rings. The summed E-state index contributed by atoms with van der Waals surface area (Å²) in [6.07, 6.45) is 2.72. The lowest BCUT2D eigenvalue weighted by Gasteiger charge is -2.20. The average molecular weight is 200 g/mol. The molecule has 1 heterocycles. The van der Waals surface area contributed by atoms with Crippen molar-refractivity contribution in [2.45, 2.75) is 12.8 Å². The maximum absolute atomic E-state index is 11.2. The van der Waals surface area contributed by atoms with Crippen molar-refractivity contribution in [2.24, 2.45) is 5.73 Å². The molecule has 1 rings (SSSR count). The van der Waals surface area contributed by atoms with Crippen LogP contribution in [0.3, 0.4) is 0 Å². The van der Waals surface area contributed by atoms with Gasteiger partial charge in [0.05, 0.1) is 5.75 Å². The summed E-state index contributed by atoms with van der Waals surface area (Å²) in [6, 6.07) is 0. The van der Waals surface area contributed by atoms with Crippen LogP contribution in [0.15, 0.2) is 11.6 Å². The molecule has 5 heteroatoms. The average Bonchev–Trinajstić information content (AvgIpc) is 2.08. The molecule has 2 amide bonds. The molecule has 0 aliphatic carbocycles. The van der Waals surface area contributed by atoms with Crippen LogP contribution in [-0.4, -0.2) is 29.0 Å². The van der Waals surface area contributed by atoms with Crippen molar-refractivity contribution in [1.29, 1.82) is 0 Å². The van der Waals surface area contributed by atoms with E-state index >= 15 is 0 Å². The Labute approximate surface area is 81.1 Å². The van der Waals surface area contributed by atoms with Gasteiger partial charge < -0.3 is 10.6 Å². The Balaban J connectivity index is 2.27. The minimum Gasteiger partial charge on any atom is -0.370 e. The Hall–Kier alpha value is -0.970. The van der Waals surface area contributed by atoms with Gasteiger partial charge in [-0.25, -0.2) is 0 Å². The predicted molar refractivity (Wildman–Crippen MR) is 51.7 cm³/mol. The fraction of sp³-hybridized carbons (Fsp3) is 0.500. The molecule has 0 saturated carbocycles. The highest BCUT2D eigenvalue weighted by atomic mass is 32.2.